The van der Waals surface area contributed by atoms with Crippen molar-refractivity contribution < 1.29 is 0 Å². The standard InChI is InChI=1S/C14H10N4S/c1-9-6-7-11-13(16-9)18(14(19)17-11)12-5-3-2-4-10(12)8-15/h2-7H,1H3,(H,17,19). The van der Waals surface area contributed by atoms with Crippen molar-refractivity contribution in [1.82, 2.24) is 14.5 Å². The number of H-pyrrole nitrogens is 1. The third-order valence-electron chi connectivity index (χ3n) is 2.94. The van der Waals surface area contributed by atoms with Crippen LogP contribution in [0.2, 0.25) is 0 Å². The van der Waals surface area contributed by atoms with E-state index in [-0.39, 0.29) is 0 Å². The number of imidazole rings is 1. The molecule has 0 aliphatic carbocycles. The number of benzene rings is 1. The van der Waals surface area contributed by atoms with Gasteiger partial charge in [0.15, 0.2) is 10.4 Å². The van der Waals surface area contributed by atoms with Gasteiger partial charge in [-0.15, -0.1) is 0 Å². The summed E-state index contributed by atoms with van der Waals surface area (Å²) in [5.41, 5.74) is 3.84. The number of para-hydroxylation sites is 1. The Hall–Kier alpha value is -2.45. The molecule has 0 fully saturated rings. The maximum Gasteiger partial charge on any atom is 0.184 e. The number of aryl methyl sites for hydroxylation is 1. The quantitative estimate of drug-likeness (QED) is 0.688. The number of nitrogens with zero attached hydrogens (tertiary/aromatic N) is 3. The average molecular weight is 266 g/mol. The molecule has 19 heavy (non-hydrogen) atoms. The van der Waals surface area contributed by atoms with Crippen molar-refractivity contribution in [2.24, 2.45) is 0 Å². The highest BCUT2D eigenvalue weighted by molar-refractivity contribution is 7.71. The highest BCUT2D eigenvalue weighted by atomic mass is 32.1. The average Bonchev–Trinajstić information content (AvgIpc) is 2.74. The van der Waals surface area contributed by atoms with Gasteiger partial charge in [0.2, 0.25) is 0 Å². The zero-order valence-corrected chi connectivity index (χ0v) is 11.0. The van der Waals surface area contributed by atoms with Gasteiger partial charge in [-0.2, -0.15) is 5.26 Å². The molecule has 0 aliphatic heterocycles. The van der Waals surface area contributed by atoms with Crippen LogP contribution in [0.15, 0.2) is 36.4 Å². The van der Waals surface area contributed by atoms with Crippen molar-refractivity contribution in [2.75, 3.05) is 0 Å². The smallest absolute Gasteiger partial charge is 0.184 e. The summed E-state index contributed by atoms with van der Waals surface area (Å²) < 4.78 is 2.34. The molecule has 5 heteroatoms. The topological polar surface area (TPSA) is 57.4 Å². The predicted molar refractivity (Wildman–Crippen MR) is 75.7 cm³/mol. The Kier molecular flexibility index (Phi) is 2.65. The number of aromatic nitrogens is 3. The molecule has 92 valence electrons. The minimum Gasteiger partial charge on any atom is -0.329 e. The van der Waals surface area contributed by atoms with Gasteiger partial charge >= 0.3 is 0 Å². The van der Waals surface area contributed by atoms with Gasteiger partial charge in [-0.25, -0.2) is 4.98 Å². The number of fused-ring (bicyclic) bond motifs is 1. The van der Waals surface area contributed by atoms with Crippen LogP contribution >= 0.6 is 12.2 Å². The highest BCUT2D eigenvalue weighted by Crippen LogP contribution is 2.20. The SMILES string of the molecule is Cc1ccc2[nH]c(=S)n(-c3ccccc3C#N)c2n1. The Labute approximate surface area is 115 Å². The Morgan fingerprint density at radius 1 is 1.26 bits per heavy atom. The molecule has 0 saturated carbocycles. The molecule has 2 aromatic heterocycles. The van der Waals surface area contributed by atoms with Crippen molar-refractivity contribution in [3.8, 4) is 11.8 Å². The molecule has 2 heterocycles. The van der Waals surface area contributed by atoms with E-state index in [1.54, 1.807) is 10.6 Å². The highest BCUT2D eigenvalue weighted by Gasteiger charge is 2.11. The van der Waals surface area contributed by atoms with Crippen LogP contribution in [0.1, 0.15) is 11.3 Å². The molecular formula is C14H10N4S. The van der Waals surface area contributed by atoms with E-state index in [4.69, 9.17) is 12.2 Å². The summed E-state index contributed by atoms with van der Waals surface area (Å²) in [7, 11) is 0. The summed E-state index contributed by atoms with van der Waals surface area (Å²) in [6, 6.07) is 13.4. The fourth-order valence-corrected chi connectivity index (χ4v) is 2.36. The molecule has 0 amide bonds. The van der Waals surface area contributed by atoms with Gasteiger partial charge in [0.25, 0.3) is 0 Å². The molecule has 3 aromatic rings. The first-order chi connectivity index (χ1) is 9.20. The second kappa shape index (κ2) is 4.34. The van der Waals surface area contributed by atoms with Crippen molar-refractivity contribution in [3.63, 3.8) is 0 Å². The van der Waals surface area contributed by atoms with Crippen LogP contribution in [0.25, 0.3) is 16.9 Å². The molecule has 3 rings (SSSR count). The summed E-state index contributed by atoms with van der Waals surface area (Å²) >= 11 is 5.34. The maximum atomic E-state index is 9.21. The van der Waals surface area contributed by atoms with E-state index < -0.39 is 0 Å². The number of aromatic amines is 1. The van der Waals surface area contributed by atoms with Crippen LogP contribution in [-0.4, -0.2) is 14.5 Å². The molecule has 4 nitrogen and oxygen atoms in total. The van der Waals surface area contributed by atoms with Crippen molar-refractivity contribution in [2.45, 2.75) is 6.92 Å². The Morgan fingerprint density at radius 2 is 2.05 bits per heavy atom. The van der Waals surface area contributed by atoms with Crippen LogP contribution in [0.3, 0.4) is 0 Å². The first-order valence-corrected chi connectivity index (χ1v) is 6.19. The first kappa shape index (κ1) is 11.6. The van der Waals surface area contributed by atoms with Gasteiger partial charge in [0.05, 0.1) is 16.8 Å². The molecule has 0 bridgehead atoms. The first-order valence-electron chi connectivity index (χ1n) is 5.78. The molecular weight excluding hydrogens is 256 g/mol. The van der Waals surface area contributed by atoms with E-state index in [1.165, 1.54) is 0 Å². The van der Waals surface area contributed by atoms with E-state index in [2.05, 4.69) is 16.0 Å². The summed E-state index contributed by atoms with van der Waals surface area (Å²) in [4.78, 5) is 7.61. The Morgan fingerprint density at radius 3 is 2.84 bits per heavy atom. The summed E-state index contributed by atoms with van der Waals surface area (Å²) in [5.74, 6) is 0. The second-order valence-corrected chi connectivity index (χ2v) is 4.61. The lowest BCUT2D eigenvalue weighted by atomic mass is 10.2. The molecule has 0 unspecified atom stereocenters. The number of rotatable bonds is 1. The zero-order chi connectivity index (χ0) is 13.4. The Bertz CT molecular complexity index is 867. The van der Waals surface area contributed by atoms with Gasteiger partial charge in [0.1, 0.15) is 6.07 Å². The normalized spacial score (nSPS) is 10.5. The molecule has 0 saturated heterocycles. The molecule has 0 radical (unpaired) electrons. The second-order valence-electron chi connectivity index (χ2n) is 4.22. The number of hydrogen-bond acceptors (Lipinski definition) is 3. The van der Waals surface area contributed by atoms with Gasteiger partial charge in [-0.05, 0) is 43.4 Å². The largest absolute Gasteiger partial charge is 0.329 e. The monoisotopic (exact) mass is 266 g/mol. The zero-order valence-electron chi connectivity index (χ0n) is 10.2. The third kappa shape index (κ3) is 1.83. The fraction of sp³-hybridized carbons (Fsp3) is 0.0714. The van der Waals surface area contributed by atoms with E-state index in [0.29, 0.717) is 10.3 Å². The van der Waals surface area contributed by atoms with E-state index in [1.807, 2.05) is 37.3 Å². The fourth-order valence-electron chi connectivity index (χ4n) is 2.06. The van der Waals surface area contributed by atoms with Crippen molar-refractivity contribution >= 4 is 23.4 Å². The van der Waals surface area contributed by atoms with Gasteiger partial charge in [-0.3, -0.25) is 4.57 Å². The van der Waals surface area contributed by atoms with Crippen LogP contribution in [0.4, 0.5) is 0 Å². The minimum atomic E-state index is 0.538. The Balaban J connectivity index is 2.43. The summed E-state index contributed by atoms with van der Waals surface area (Å²) in [6.45, 7) is 1.93. The molecule has 1 aromatic carbocycles. The van der Waals surface area contributed by atoms with Crippen LogP contribution in [0, 0.1) is 23.0 Å². The summed E-state index contributed by atoms with van der Waals surface area (Å²) in [5, 5.41) is 9.21. The van der Waals surface area contributed by atoms with Crippen molar-refractivity contribution in [1.29, 1.82) is 5.26 Å². The van der Waals surface area contributed by atoms with Gasteiger partial charge in [-0.1, -0.05) is 12.1 Å². The minimum absolute atomic E-state index is 0.538. The van der Waals surface area contributed by atoms with Crippen molar-refractivity contribution in [3.05, 3.63) is 52.4 Å². The lowest BCUT2D eigenvalue weighted by Crippen LogP contribution is -1.99. The third-order valence-corrected chi connectivity index (χ3v) is 3.22. The van der Waals surface area contributed by atoms with E-state index in [9.17, 15) is 5.26 Å². The van der Waals surface area contributed by atoms with E-state index >= 15 is 0 Å². The summed E-state index contributed by atoms with van der Waals surface area (Å²) in [6.07, 6.45) is 0. The van der Waals surface area contributed by atoms with Gasteiger partial charge in [0, 0.05) is 5.69 Å². The lowest BCUT2D eigenvalue weighted by Gasteiger charge is -2.05. The van der Waals surface area contributed by atoms with Crippen LogP contribution < -0.4 is 0 Å². The van der Waals surface area contributed by atoms with Gasteiger partial charge < -0.3 is 4.98 Å². The molecule has 0 spiro atoms. The van der Waals surface area contributed by atoms with Crippen LogP contribution in [-0.2, 0) is 0 Å². The number of hydrogen-bond donors (Lipinski definition) is 1. The maximum absolute atomic E-state index is 9.21. The lowest BCUT2D eigenvalue weighted by molar-refractivity contribution is 1.03. The molecule has 0 atom stereocenters. The number of nitrogens with one attached hydrogen (secondary N) is 1. The van der Waals surface area contributed by atoms with E-state index in [0.717, 1.165) is 22.5 Å². The van der Waals surface area contributed by atoms with Crippen LogP contribution in [0.5, 0.6) is 0 Å². The molecule has 0 aliphatic rings. The number of pyridine rings is 1. The predicted octanol–water partition coefficient (Wildman–Crippen LogP) is 3.26. The molecule has 1 N–H and O–H groups in total. The number of nitriles is 1.